The van der Waals surface area contributed by atoms with Crippen molar-refractivity contribution in [2.24, 2.45) is 5.92 Å². The topological polar surface area (TPSA) is 75.2 Å². The number of piperidine rings is 1. The first kappa shape index (κ1) is 17.9. The van der Waals surface area contributed by atoms with Crippen LogP contribution in [0.3, 0.4) is 0 Å². The molecule has 3 rings (SSSR count). The maximum absolute atomic E-state index is 12.5. The van der Waals surface area contributed by atoms with Gasteiger partial charge in [0, 0.05) is 18.1 Å². The van der Waals surface area contributed by atoms with Gasteiger partial charge in [-0.3, -0.25) is 4.72 Å². The molecule has 0 spiro atoms. The highest BCUT2D eigenvalue weighted by Gasteiger charge is 2.19. The van der Waals surface area contributed by atoms with E-state index in [4.69, 9.17) is 11.6 Å². The second kappa shape index (κ2) is 7.17. The van der Waals surface area contributed by atoms with E-state index in [0.29, 0.717) is 16.7 Å². The van der Waals surface area contributed by atoms with Crippen molar-refractivity contribution in [1.82, 2.24) is 9.97 Å². The summed E-state index contributed by atoms with van der Waals surface area (Å²) in [5.74, 6) is 1.36. The average Bonchev–Trinajstić information content (AvgIpc) is 2.58. The number of rotatable bonds is 4. The van der Waals surface area contributed by atoms with Gasteiger partial charge in [0.05, 0.1) is 23.0 Å². The Labute approximate surface area is 153 Å². The Morgan fingerprint density at radius 1 is 1.20 bits per heavy atom. The number of aryl methyl sites for hydroxylation is 1. The smallest absolute Gasteiger partial charge is 0.262 e. The molecular weight excluding hydrogens is 360 g/mol. The summed E-state index contributed by atoms with van der Waals surface area (Å²) in [6.45, 7) is 5.91. The fraction of sp³-hybridized carbons (Fsp3) is 0.412. The summed E-state index contributed by atoms with van der Waals surface area (Å²) in [5, 5.41) is 0.411. The van der Waals surface area contributed by atoms with Crippen molar-refractivity contribution in [3.63, 3.8) is 0 Å². The van der Waals surface area contributed by atoms with Gasteiger partial charge in [-0.2, -0.15) is 0 Å². The molecule has 0 atom stereocenters. The average molecular weight is 381 g/mol. The number of nitrogens with zero attached hydrogens (tertiary/aromatic N) is 3. The van der Waals surface area contributed by atoms with Gasteiger partial charge in [-0.15, -0.1) is 0 Å². The van der Waals surface area contributed by atoms with Crippen molar-refractivity contribution in [3.8, 4) is 0 Å². The van der Waals surface area contributed by atoms with Crippen LogP contribution >= 0.6 is 11.6 Å². The predicted octanol–water partition coefficient (Wildman–Crippen LogP) is 3.48. The standard InChI is InChI=1S/C17H21ClN4O2S/c1-12-5-7-22(8-6-12)17-19-10-14(11-20-17)21-25(23,24)15-4-3-13(2)16(18)9-15/h3-4,9-12,21H,5-8H2,1-2H3. The summed E-state index contributed by atoms with van der Waals surface area (Å²) < 4.78 is 27.4. The van der Waals surface area contributed by atoms with E-state index in [2.05, 4.69) is 26.5 Å². The lowest BCUT2D eigenvalue weighted by Gasteiger charge is -2.30. The Morgan fingerprint density at radius 3 is 2.44 bits per heavy atom. The fourth-order valence-electron chi connectivity index (χ4n) is 2.70. The molecule has 0 saturated carbocycles. The summed E-state index contributed by atoms with van der Waals surface area (Å²) in [5.41, 5.74) is 1.15. The zero-order chi connectivity index (χ0) is 18.0. The van der Waals surface area contributed by atoms with Gasteiger partial charge in [0.25, 0.3) is 10.0 Å². The summed E-state index contributed by atoms with van der Waals surface area (Å²) in [6, 6.07) is 4.63. The Kier molecular flexibility index (Phi) is 5.15. The second-order valence-electron chi connectivity index (χ2n) is 6.46. The zero-order valence-corrected chi connectivity index (χ0v) is 15.8. The van der Waals surface area contributed by atoms with Crippen LogP contribution in [-0.4, -0.2) is 31.5 Å². The summed E-state index contributed by atoms with van der Waals surface area (Å²) in [4.78, 5) is 10.8. The van der Waals surface area contributed by atoms with E-state index in [0.717, 1.165) is 37.4 Å². The van der Waals surface area contributed by atoms with Crippen LogP contribution in [0.5, 0.6) is 0 Å². The number of hydrogen-bond donors (Lipinski definition) is 1. The van der Waals surface area contributed by atoms with Gasteiger partial charge >= 0.3 is 0 Å². The lowest BCUT2D eigenvalue weighted by atomic mass is 10.00. The molecule has 8 heteroatoms. The third kappa shape index (κ3) is 4.22. The first-order valence-corrected chi connectivity index (χ1v) is 10.1. The molecule has 0 amide bonds. The normalized spacial score (nSPS) is 16.0. The number of aromatic nitrogens is 2. The molecule has 1 aromatic heterocycles. The molecular formula is C17H21ClN4O2S. The molecule has 2 aromatic rings. The molecule has 6 nitrogen and oxygen atoms in total. The molecule has 2 heterocycles. The molecule has 0 bridgehead atoms. The summed E-state index contributed by atoms with van der Waals surface area (Å²) in [6.07, 6.45) is 5.22. The highest BCUT2D eigenvalue weighted by Crippen LogP contribution is 2.23. The first-order valence-electron chi connectivity index (χ1n) is 8.21. The van der Waals surface area contributed by atoms with E-state index in [9.17, 15) is 8.42 Å². The number of halogens is 1. The monoisotopic (exact) mass is 380 g/mol. The number of sulfonamides is 1. The van der Waals surface area contributed by atoms with Crippen molar-refractivity contribution < 1.29 is 8.42 Å². The lowest BCUT2D eigenvalue weighted by molar-refractivity contribution is 0.434. The molecule has 1 aliphatic rings. The van der Waals surface area contributed by atoms with Crippen LogP contribution in [0.15, 0.2) is 35.5 Å². The third-order valence-electron chi connectivity index (χ3n) is 4.41. The van der Waals surface area contributed by atoms with Crippen LogP contribution in [-0.2, 0) is 10.0 Å². The minimum Gasteiger partial charge on any atom is -0.341 e. The minimum atomic E-state index is -3.73. The SMILES string of the molecule is Cc1ccc(S(=O)(=O)Nc2cnc(N3CCC(C)CC3)nc2)cc1Cl. The summed E-state index contributed by atoms with van der Waals surface area (Å²) in [7, 11) is -3.73. The van der Waals surface area contributed by atoms with Crippen LogP contribution in [0.25, 0.3) is 0 Å². The van der Waals surface area contributed by atoms with Crippen molar-refractivity contribution in [2.45, 2.75) is 31.6 Å². The number of anilines is 2. The number of nitrogens with one attached hydrogen (secondary N) is 1. The van der Waals surface area contributed by atoms with Gasteiger partial charge in [-0.25, -0.2) is 18.4 Å². The van der Waals surface area contributed by atoms with Gasteiger partial charge < -0.3 is 4.90 Å². The molecule has 1 N–H and O–H groups in total. The van der Waals surface area contributed by atoms with E-state index in [-0.39, 0.29) is 4.90 Å². The second-order valence-corrected chi connectivity index (χ2v) is 8.55. The molecule has 1 aromatic carbocycles. The van der Waals surface area contributed by atoms with Crippen LogP contribution in [0.1, 0.15) is 25.3 Å². The Bertz CT molecular complexity index is 847. The highest BCUT2D eigenvalue weighted by molar-refractivity contribution is 7.92. The maximum Gasteiger partial charge on any atom is 0.262 e. The van der Waals surface area contributed by atoms with Crippen LogP contribution in [0, 0.1) is 12.8 Å². The molecule has 0 unspecified atom stereocenters. The minimum absolute atomic E-state index is 0.109. The Balaban J connectivity index is 1.73. The van der Waals surface area contributed by atoms with Gasteiger partial charge in [0.15, 0.2) is 0 Å². The van der Waals surface area contributed by atoms with Crippen LogP contribution in [0.4, 0.5) is 11.6 Å². The molecule has 0 aliphatic carbocycles. The molecule has 0 radical (unpaired) electrons. The van der Waals surface area contributed by atoms with E-state index in [1.54, 1.807) is 6.07 Å². The lowest BCUT2D eigenvalue weighted by Crippen LogP contribution is -2.34. The number of hydrogen-bond acceptors (Lipinski definition) is 5. The van der Waals surface area contributed by atoms with E-state index in [1.165, 1.54) is 24.5 Å². The first-order chi connectivity index (χ1) is 11.8. The Hall–Kier alpha value is -1.86. The molecule has 25 heavy (non-hydrogen) atoms. The molecule has 134 valence electrons. The van der Waals surface area contributed by atoms with Crippen LogP contribution in [0.2, 0.25) is 5.02 Å². The van der Waals surface area contributed by atoms with Gasteiger partial charge in [-0.1, -0.05) is 24.6 Å². The zero-order valence-electron chi connectivity index (χ0n) is 14.2. The fourth-order valence-corrected chi connectivity index (χ4v) is 4.00. The largest absolute Gasteiger partial charge is 0.341 e. The van der Waals surface area contributed by atoms with Gasteiger partial charge in [0.1, 0.15) is 0 Å². The molecule has 1 aliphatic heterocycles. The number of benzene rings is 1. The van der Waals surface area contributed by atoms with Crippen molar-refractivity contribution in [2.75, 3.05) is 22.7 Å². The summed E-state index contributed by atoms with van der Waals surface area (Å²) >= 11 is 6.02. The predicted molar refractivity (Wildman–Crippen MR) is 99.6 cm³/mol. The third-order valence-corrected chi connectivity index (χ3v) is 6.20. The molecule has 1 saturated heterocycles. The van der Waals surface area contributed by atoms with E-state index < -0.39 is 10.0 Å². The van der Waals surface area contributed by atoms with Gasteiger partial charge in [0.2, 0.25) is 5.95 Å². The van der Waals surface area contributed by atoms with Crippen molar-refractivity contribution in [1.29, 1.82) is 0 Å². The van der Waals surface area contributed by atoms with E-state index >= 15 is 0 Å². The van der Waals surface area contributed by atoms with E-state index in [1.807, 2.05) is 6.92 Å². The van der Waals surface area contributed by atoms with Gasteiger partial charge in [-0.05, 0) is 43.4 Å². The highest BCUT2D eigenvalue weighted by atomic mass is 35.5. The quantitative estimate of drug-likeness (QED) is 0.878. The molecule has 1 fully saturated rings. The van der Waals surface area contributed by atoms with Crippen molar-refractivity contribution in [3.05, 3.63) is 41.2 Å². The Morgan fingerprint density at radius 2 is 1.84 bits per heavy atom. The van der Waals surface area contributed by atoms with Crippen molar-refractivity contribution >= 4 is 33.3 Å². The maximum atomic E-state index is 12.5. The van der Waals surface area contributed by atoms with Crippen LogP contribution < -0.4 is 9.62 Å².